The molecule has 0 bridgehead atoms. The van der Waals surface area contributed by atoms with E-state index >= 15 is 0 Å². The molecule has 0 spiro atoms. The molecule has 2 aromatic rings. The average molecular weight is 506 g/mol. The minimum Gasteiger partial charge on any atom is -0.479 e. The quantitative estimate of drug-likeness (QED) is 0.141. The van der Waals surface area contributed by atoms with E-state index in [0.29, 0.717) is 49.4 Å². The zero-order chi connectivity index (χ0) is 24.6. The number of alkyl halides is 1. The summed E-state index contributed by atoms with van der Waals surface area (Å²) < 4.78 is 22.8. The van der Waals surface area contributed by atoms with Crippen LogP contribution in [0.5, 0.6) is 11.6 Å². The van der Waals surface area contributed by atoms with E-state index in [-0.39, 0.29) is 31.3 Å². The Kier molecular flexibility index (Phi) is 9.53. The normalized spacial score (nSPS) is 18.0. The molecular weight excluding hydrogens is 474 g/mol. The smallest absolute Gasteiger partial charge is 0.228 e. The number of aromatic nitrogens is 1. The van der Waals surface area contributed by atoms with Gasteiger partial charge in [-0.25, -0.2) is 9.83 Å². The molecular formula is C24H32ClN3O5Si. The first-order valence-corrected chi connectivity index (χ1v) is 15.6. The molecule has 0 saturated carbocycles. The molecule has 34 heavy (non-hydrogen) atoms. The summed E-state index contributed by atoms with van der Waals surface area (Å²) in [6.45, 7) is 16.2. The molecule has 1 N–H and O–H groups in total. The molecule has 1 aromatic carbocycles. The van der Waals surface area contributed by atoms with E-state index in [1.807, 2.05) is 6.07 Å². The highest BCUT2D eigenvalue weighted by molar-refractivity contribution is 6.76. The number of halogens is 1. The zero-order valence-corrected chi connectivity index (χ0v) is 21.7. The maximum atomic E-state index is 12.2. The average Bonchev–Trinajstić information content (AvgIpc) is 3.15. The van der Waals surface area contributed by atoms with Gasteiger partial charge < -0.3 is 24.3 Å². The molecule has 0 unspecified atom stereocenters. The highest BCUT2D eigenvalue weighted by Crippen LogP contribution is 2.36. The Morgan fingerprint density at radius 3 is 2.76 bits per heavy atom. The fourth-order valence-corrected chi connectivity index (χ4v) is 4.43. The number of nitrogens with zero attached hydrogens (tertiary/aromatic N) is 2. The van der Waals surface area contributed by atoms with Crippen LogP contribution in [0.3, 0.4) is 0 Å². The minimum atomic E-state index is -1.18. The van der Waals surface area contributed by atoms with Gasteiger partial charge in [-0.2, -0.15) is 0 Å². The van der Waals surface area contributed by atoms with E-state index in [1.54, 1.807) is 18.3 Å². The molecule has 1 aliphatic heterocycles. The van der Waals surface area contributed by atoms with Gasteiger partial charge in [-0.1, -0.05) is 19.6 Å². The number of hydrogen-bond donors (Lipinski definition) is 1. The Hall–Kier alpha value is -2.38. The van der Waals surface area contributed by atoms with Crippen molar-refractivity contribution >= 4 is 42.0 Å². The molecule has 0 aliphatic carbocycles. The fraction of sp³-hybridized carbons (Fsp3) is 0.542. The van der Waals surface area contributed by atoms with Crippen LogP contribution in [0.1, 0.15) is 6.42 Å². The predicted octanol–water partition coefficient (Wildman–Crippen LogP) is 4.62. The number of benzene rings is 1. The Morgan fingerprint density at radius 2 is 2.03 bits per heavy atom. The second-order valence-corrected chi connectivity index (χ2v) is 15.5. The molecule has 10 heteroatoms. The van der Waals surface area contributed by atoms with Gasteiger partial charge in [-0.05, 0) is 36.1 Å². The lowest BCUT2D eigenvalue weighted by atomic mass is 10.1. The number of ether oxygens (including phenoxy) is 4. The van der Waals surface area contributed by atoms with Crippen molar-refractivity contribution in [3.05, 3.63) is 35.8 Å². The van der Waals surface area contributed by atoms with Gasteiger partial charge in [-0.15, -0.1) is 11.6 Å². The van der Waals surface area contributed by atoms with Crippen molar-refractivity contribution in [1.82, 2.24) is 10.3 Å². The van der Waals surface area contributed by atoms with E-state index in [9.17, 15) is 4.79 Å². The molecule has 3 rings (SSSR count). The third kappa shape index (κ3) is 7.57. The second-order valence-electron chi connectivity index (χ2n) is 9.46. The van der Waals surface area contributed by atoms with Gasteiger partial charge in [0.15, 0.2) is 6.79 Å². The fourth-order valence-electron chi connectivity index (χ4n) is 3.56. The van der Waals surface area contributed by atoms with Gasteiger partial charge in [-0.3, -0.25) is 4.79 Å². The van der Waals surface area contributed by atoms with Crippen molar-refractivity contribution < 1.29 is 23.7 Å². The first kappa shape index (κ1) is 26.2. The summed E-state index contributed by atoms with van der Waals surface area (Å²) in [7, 11) is -1.18. The van der Waals surface area contributed by atoms with Crippen LogP contribution in [-0.4, -0.2) is 64.1 Å². The van der Waals surface area contributed by atoms with Gasteiger partial charge in [0.05, 0.1) is 31.7 Å². The van der Waals surface area contributed by atoms with Crippen molar-refractivity contribution in [2.24, 2.45) is 5.92 Å². The van der Waals surface area contributed by atoms with Crippen molar-refractivity contribution in [2.75, 3.05) is 39.1 Å². The zero-order valence-electron chi connectivity index (χ0n) is 19.9. The van der Waals surface area contributed by atoms with Crippen molar-refractivity contribution in [1.29, 1.82) is 0 Å². The predicted molar refractivity (Wildman–Crippen MR) is 135 cm³/mol. The Bertz CT molecular complexity index is 1020. The van der Waals surface area contributed by atoms with Crippen LogP contribution in [-0.2, 0) is 14.3 Å². The molecule has 0 radical (unpaired) electrons. The van der Waals surface area contributed by atoms with Crippen LogP contribution in [0.25, 0.3) is 15.6 Å². The number of nitrogens with one attached hydrogen (secondary N) is 1. The van der Waals surface area contributed by atoms with Gasteiger partial charge in [0.2, 0.25) is 17.5 Å². The maximum absolute atomic E-state index is 12.2. The van der Waals surface area contributed by atoms with Crippen LogP contribution < -0.4 is 14.8 Å². The van der Waals surface area contributed by atoms with Crippen LogP contribution in [0.4, 0.5) is 5.69 Å². The summed E-state index contributed by atoms with van der Waals surface area (Å²) in [5.74, 6) is 1.01. The topological polar surface area (TPSA) is 83.3 Å². The van der Waals surface area contributed by atoms with E-state index in [1.165, 1.54) is 0 Å². The van der Waals surface area contributed by atoms with Crippen LogP contribution >= 0.6 is 11.6 Å². The van der Waals surface area contributed by atoms with Crippen molar-refractivity contribution in [3.63, 3.8) is 0 Å². The van der Waals surface area contributed by atoms with Crippen molar-refractivity contribution in [3.8, 4) is 11.6 Å². The van der Waals surface area contributed by atoms with Gasteiger partial charge >= 0.3 is 0 Å². The molecule has 1 aromatic heterocycles. The first-order valence-electron chi connectivity index (χ1n) is 11.4. The van der Waals surface area contributed by atoms with E-state index < -0.39 is 8.07 Å². The summed E-state index contributed by atoms with van der Waals surface area (Å²) in [6.07, 6.45) is 2.26. The number of hydrogen-bond acceptors (Lipinski definition) is 6. The molecule has 184 valence electrons. The molecule has 2 atom stereocenters. The SMILES string of the molecule is [C-]#[N+]c1cc2ccnc(OC[C@@H]3C[C@H](COCCCl)C(=O)N3)c2cc1OCOCC[Si](C)(C)C. The second kappa shape index (κ2) is 12.4. The molecule has 8 nitrogen and oxygen atoms in total. The van der Waals surface area contributed by atoms with Gasteiger partial charge in [0.1, 0.15) is 12.4 Å². The lowest BCUT2D eigenvalue weighted by Gasteiger charge is -2.16. The van der Waals surface area contributed by atoms with Crippen LogP contribution in [0, 0.1) is 12.5 Å². The Labute approximate surface area is 206 Å². The lowest BCUT2D eigenvalue weighted by Crippen LogP contribution is -2.31. The van der Waals surface area contributed by atoms with E-state index in [0.717, 1.165) is 16.8 Å². The van der Waals surface area contributed by atoms with Gasteiger partial charge in [0, 0.05) is 32.1 Å². The largest absolute Gasteiger partial charge is 0.479 e. The molecule has 1 fully saturated rings. The highest BCUT2D eigenvalue weighted by atomic mass is 35.5. The summed E-state index contributed by atoms with van der Waals surface area (Å²) in [6, 6.07) is 6.27. The summed E-state index contributed by atoms with van der Waals surface area (Å²) in [5.41, 5.74) is 0.404. The number of carbonyl (C=O) groups excluding carboxylic acids is 1. The first-order chi connectivity index (χ1) is 16.3. The highest BCUT2D eigenvalue weighted by Gasteiger charge is 2.32. The molecule has 1 saturated heterocycles. The lowest BCUT2D eigenvalue weighted by molar-refractivity contribution is -0.124. The van der Waals surface area contributed by atoms with E-state index in [4.69, 9.17) is 37.1 Å². The Balaban J connectivity index is 1.63. The molecule has 1 amide bonds. The Morgan fingerprint density at radius 1 is 1.21 bits per heavy atom. The number of carbonyl (C=O) groups is 1. The molecule has 2 heterocycles. The summed E-state index contributed by atoms with van der Waals surface area (Å²) in [4.78, 5) is 20.1. The van der Waals surface area contributed by atoms with Crippen molar-refractivity contribution in [2.45, 2.75) is 38.1 Å². The van der Waals surface area contributed by atoms with E-state index in [2.05, 4.69) is 34.8 Å². The standard InChI is InChI=1S/C24H32ClN3O5Si/c1-26-21-12-17-5-7-27-24(20(17)13-22(21)33-16-31-9-10-34(2,3)4)32-15-19-11-18(23(29)28-19)14-30-8-6-25/h5,7,12-13,18-19H,6,8-11,14-16H2,2-4H3,(H,28,29)/t18-,19+/m1/s1. The maximum Gasteiger partial charge on any atom is 0.228 e. The summed E-state index contributed by atoms with van der Waals surface area (Å²) in [5, 5.41) is 4.51. The third-order valence-electron chi connectivity index (χ3n) is 5.47. The number of rotatable bonds is 13. The third-order valence-corrected chi connectivity index (χ3v) is 7.33. The molecule has 1 aliphatic rings. The number of pyridine rings is 1. The summed E-state index contributed by atoms with van der Waals surface area (Å²) >= 11 is 5.62. The van der Waals surface area contributed by atoms with Gasteiger partial charge in [0.25, 0.3) is 0 Å². The minimum absolute atomic E-state index is 0.0411. The van der Waals surface area contributed by atoms with Crippen LogP contribution in [0.2, 0.25) is 25.7 Å². The van der Waals surface area contributed by atoms with Crippen LogP contribution in [0.15, 0.2) is 24.4 Å². The monoisotopic (exact) mass is 505 g/mol. The number of amides is 1. The number of fused-ring (bicyclic) bond motifs is 1.